The first-order valence-corrected chi connectivity index (χ1v) is 6.91. The lowest BCUT2D eigenvalue weighted by Crippen LogP contribution is -2.25. The van der Waals surface area contributed by atoms with Crippen LogP contribution in [0.3, 0.4) is 0 Å². The van der Waals surface area contributed by atoms with Crippen LogP contribution < -0.4 is 5.32 Å². The van der Waals surface area contributed by atoms with Gasteiger partial charge in [-0.3, -0.25) is 4.79 Å². The molecule has 22 heavy (non-hydrogen) atoms. The zero-order chi connectivity index (χ0) is 15.5. The van der Waals surface area contributed by atoms with Crippen LogP contribution in [0.2, 0.25) is 0 Å². The number of imidazole rings is 1. The molecular formula is C15H14FN5O. The number of hydrogen-bond acceptors (Lipinski definition) is 4. The zero-order valence-electron chi connectivity index (χ0n) is 11.7. The summed E-state index contributed by atoms with van der Waals surface area (Å²) in [5.74, 6) is -0.287. The van der Waals surface area contributed by atoms with Gasteiger partial charge in [-0.15, -0.1) is 0 Å². The van der Waals surface area contributed by atoms with E-state index in [1.807, 2.05) is 6.19 Å². The van der Waals surface area contributed by atoms with Crippen molar-refractivity contribution in [1.82, 2.24) is 14.5 Å². The van der Waals surface area contributed by atoms with Crippen molar-refractivity contribution in [3.8, 4) is 11.9 Å². The Balaban J connectivity index is 1.67. The second kappa shape index (κ2) is 5.85. The molecule has 0 unspecified atom stereocenters. The number of aromatic nitrogens is 2. The topological polar surface area (TPSA) is 74.0 Å². The van der Waals surface area contributed by atoms with Gasteiger partial charge >= 0.3 is 0 Å². The van der Waals surface area contributed by atoms with E-state index in [0.717, 1.165) is 0 Å². The fourth-order valence-electron chi connectivity index (χ4n) is 2.46. The molecule has 2 aromatic rings. The van der Waals surface area contributed by atoms with Crippen molar-refractivity contribution in [3.63, 3.8) is 0 Å². The van der Waals surface area contributed by atoms with Crippen molar-refractivity contribution in [2.75, 3.05) is 18.4 Å². The molecule has 1 N–H and O–H groups in total. The van der Waals surface area contributed by atoms with Gasteiger partial charge in [0.2, 0.25) is 5.91 Å². The molecule has 1 atom stereocenters. The number of benzene rings is 1. The molecule has 1 aromatic heterocycles. The summed E-state index contributed by atoms with van der Waals surface area (Å²) in [6.07, 6.45) is 5.84. The lowest BCUT2D eigenvalue weighted by molar-refractivity contribution is -0.119. The Hall–Kier alpha value is -2.88. The average molecular weight is 299 g/mol. The minimum atomic E-state index is -0.334. The number of carbonyl (C=O) groups excluding carboxylic acids is 1. The second-order valence-corrected chi connectivity index (χ2v) is 5.17. The number of nitrogens with one attached hydrogen (secondary N) is 1. The van der Waals surface area contributed by atoms with E-state index >= 15 is 0 Å². The third-order valence-electron chi connectivity index (χ3n) is 3.64. The first-order valence-electron chi connectivity index (χ1n) is 6.91. The Morgan fingerprint density at radius 3 is 3.09 bits per heavy atom. The molecule has 0 bridgehead atoms. The Kier molecular flexibility index (Phi) is 3.74. The van der Waals surface area contributed by atoms with Crippen molar-refractivity contribution in [2.45, 2.75) is 6.42 Å². The molecule has 7 heteroatoms. The monoisotopic (exact) mass is 299 g/mol. The number of nitrogens with zero attached hydrogens (tertiary/aromatic N) is 4. The van der Waals surface area contributed by atoms with Crippen LogP contribution >= 0.6 is 0 Å². The maximum Gasteiger partial charge on any atom is 0.230 e. The number of halogens is 1. The van der Waals surface area contributed by atoms with Crippen molar-refractivity contribution in [3.05, 3.63) is 42.6 Å². The number of amides is 1. The van der Waals surface area contributed by atoms with E-state index in [1.54, 1.807) is 27.8 Å². The SMILES string of the molecule is N#CN1CC[C@H](C(=O)Nc2cn(-c3cccc(F)c3)cn2)C1. The Morgan fingerprint density at radius 2 is 2.36 bits per heavy atom. The van der Waals surface area contributed by atoms with Gasteiger partial charge in [0.05, 0.1) is 12.1 Å². The summed E-state index contributed by atoms with van der Waals surface area (Å²) >= 11 is 0. The van der Waals surface area contributed by atoms with Crippen molar-refractivity contribution in [1.29, 1.82) is 5.26 Å². The van der Waals surface area contributed by atoms with E-state index in [0.29, 0.717) is 31.0 Å². The fourth-order valence-corrected chi connectivity index (χ4v) is 2.46. The summed E-state index contributed by atoms with van der Waals surface area (Å²) in [4.78, 5) is 17.8. The molecule has 1 aliphatic heterocycles. The van der Waals surface area contributed by atoms with Crippen LogP contribution in [0.1, 0.15) is 6.42 Å². The molecule has 112 valence electrons. The minimum Gasteiger partial charge on any atom is -0.310 e. The molecule has 0 radical (unpaired) electrons. The highest BCUT2D eigenvalue weighted by atomic mass is 19.1. The lowest BCUT2D eigenvalue weighted by atomic mass is 10.1. The molecule has 0 spiro atoms. The van der Waals surface area contributed by atoms with Gasteiger partial charge in [0.1, 0.15) is 12.1 Å². The van der Waals surface area contributed by atoms with Crippen molar-refractivity contribution >= 4 is 11.7 Å². The number of likely N-dealkylation sites (tertiary alicyclic amines) is 1. The van der Waals surface area contributed by atoms with Gasteiger partial charge in [-0.05, 0) is 24.6 Å². The summed E-state index contributed by atoms with van der Waals surface area (Å²) < 4.78 is 14.8. The molecule has 1 fully saturated rings. The number of hydrogen-bond donors (Lipinski definition) is 1. The fraction of sp³-hybridized carbons (Fsp3) is 0.267. The molecular weight excluding hydrogens is 285 g/mol. The van der Waals surface area contributed by atoms with E-state index in [2.05, 4.69) is 10.3 Å². The van der Waals surface area contributed by atoms with Crippen LogP contribution in [0.25, 0.3) is 5.69 Å². The van der Waals surface area contributed by atoms with Gasteiger partial charge in [-0.25, -0.2) is 9.37 Å². The Labute approximate surface area is 126 Å². The first kappa shape index (κ1) is 14.1. The summed E-state index contributed by atoms with van der Waals surface area (Å²) in [7, 11) is 0. The molecule has 1 saturated heterocycles. The van der Waals surface area contributed by atoms with Crippen molar-refractivity contribution < 1.29 is 9.18 Å². The normalized spacial score (nSPS) is 17.3. The third kappa shape index (κ3) is 2.91. The van der Waals surface area contributed by atoms with E-state index < -0.39 is 0 Å². The van der Waals surface area contributed by atoms with E-state index in [4.69, 9.17) is 5.26 Å². The van der Waals surface area contributed by atoms with Crippen LogP contribution in [0, 0.1) is 23.2 Å². The summed E-state index contributed by atoms with van der Waals surface area (Å²) in [5, 5.41) is 11.5. The quantitative estimate of drug-likeness (QED) is 0.876. The molecule has 2 heterocycles. The Bertz CT molecular complexity index is 736. The summed E-state index contributed by atoms with van der Waals surface area (Å²) in [6, 6.07) is 6.11. The largest absolute Gasteiger partial charge is 0.310 e. The van der Waals surface area contributed by atoms with Crippen LogP contribution in [0.15, 0.2) is 36.8 Å². The average Bonchev–Trinajstić information content (AvgIpc) is 3.16. The predicted octanol–water partition coefficient (Wildman–Crippen LogP) is 1.75. The van der Waals surface area contributed by atoms with Gasteiger partial charge < -0.3 is 14.8 Å². The first-order chi connectivity index (χ1) is 10.7. The number of rotatable bonds is 3. The lowest BCUT2D eigenvalue weighted by Gasteiger charge is -2.08. The van der Waals surface area contributed by atoms with Crippen molar-refractivity contribution in [2.24, 2.45) is 5.92 Å². The molecule has 0 saturated carbocycles. The molecule has 0 aliphatic carbocycles. The smallest absolute Gasteiger partial charge is 0.230 e. The van der Waals surface area contributed by atoms with Gasteiger partial charge in [-0.1, -0.05) is 6.07 Å². The van der Waals surface area contributed by atoms with Gasteiger partial charge in [0.25, 0.3) is 0 Å². The van der Waals surface area contributed by atoms with Crippen LogP contribution in [0.5, 0.6) is 0 Å². The maximum absolute atomic E-state index is 13.2. The Morgan fingerprint density at radius 1 is 1.50 bits per heavy atom. The molecule has 6 nitrogen and oxygen atoms in total. The molecule has 1 aliphatic rings. The second-order valence-electron chi connectivity index (χ2n) is 5.17. The zero-order valence-corrected chi connectivity index (χ0v) is 11.7. The molecule has 1 amide bonds. The van der Waals surface area contributed by atoms with Crippen LogP contribution in [0.4, 0.5) is 10.2 Å². The minimum absolute atomic E-state index is 0.151. The molecule has 1 aromatic carbocycles. The van der Waals surface area contributed by atoms with Crippen LogP contribution in [-0.2, 0) is 4.79 Å². The van der Waals surface area contributed by atoms with Gasteiger partial charge in [0, 0.05) is 18.8 Å². The maximum atomic E-state index is 13.2. The van der Waals surface area contributed by atoms with E-state index in [9.17, 15) is 9.18 Å². The predicted molar refractivity (Wildman–Crippen MR) is 77.4 cm³/mol. The number of carbonyl (C=O) groups is 1. The third-order valence-corrected chi connectivity index (χ3v) is 3.64. The highest BCUT2D eigenvalue weighted by Crippen LogP contribution is 2.18. The number of nitriles is 1. The van der Waals surface area contributed by atoms with Crippen LogP contribution in [-0.4, -0.2) is 33.4 Å². The molecule has 3 rings (SSSR count). The highest BCUT2D eigenvalue weighted by Gasteiger charge is 2.28. The van der Waals surface area contributed by atoms with E-state index in [-0.39, 0.29) is 17.6 Å². The van der Waals surface area contributed by atoms with Gasteiger partial charge in [-0.2, -0.15) is 5.26 Å². The summed E-state index contributed by atoms with van der Waals surface area (Å²) in [5.41, 5.74) is 0.629. The standard InChI is InChI=1S/C15H14FN5O/c16-12-2-1-3-13(6-12)21-8-14(18-10-21)19-15(22)11-4-5-20(7-11)9-17/h1-3,6,8,10-11H,4-5,7H2,(H,19,22)/t11-/m0/s1. The van der Waals surface area contributed by atoms with E-state index in [1.165, 1.54) is 18.5 Å². The summed E-state index contributed by atoms with van der Waals surface area (Å²) in [6.45, 7) is 1.04. The highest BCUT2D eigenvalue weighted by molar-refractivity contribution is 5.92. The van der Waals surface area contributed by atoms with Gasteiger partial charge in [0.15, 0.2) is 12.0 Å². The number of anilines is 1.